The second-order valence-electron chi connectivity index (χ2n) is 5.00. The second kappa shape index (κ2) is 6.79. The van der Waals surface area contributed by atoms with Crippen molar-refractivity contribution in [2.24, 2.45) is 0 Å². The Bertz CT molecular complexity index is 397. The van der Waals surface area contributed by atoms with Gasteiger partial charge in [0.25, 0.3) is 5.91 Å². The average Bonchev–Trinajstić information content (AvgIpc) is 2.67. The Labute approximate surface area is 114 Å². The van der Waals surface area contributed by atoms with Crippen molar-refractivity contribution in [3.05, 3.63) is 35.4 Å². The molecule has 0 heterocycles. The SMILES string of the molecule is O=C(NC1CCCCCC1)c1cccc(CCl)c1. The molecule has 3 heteroatoms. The summed E-state index contributed by atoms with van der Waals surface area (Å²) < 4.78 is 0. The van der Waals surface area contributed by atoms with Crippen molar-refractivity contribution >= 4 is 17.5 Å². The van der Waals surface area contributed by atoms with E-state index in [4.69, 9.17) is 11.6 Å². The lowest BCUT2D eigenvalue weighted by Gasteiger charge is -2.16. The molecule has 0 aliphatic heterocycles. The van der Waals surface area contributed by atoms with Gasteiger partial charge in [-0.2, -0.15) is 0 Å². The molecule has 1 aliphatic carbocycles. The Balaban J connectivity index is 1.97. The molecule has 0 unspecified atom stereocenters. The number of carbonyl (C=O) groups is 1. The number of rotatable bonds is 3. The number of carbonyl (C=O) groups excluding carboxylic acids is 1. The number of hydrogen-bond donors (Lipinski definition) is 1. The number of amides is 1. The minimum absolute atomic E-state index is 0.0360. The van der Waals surface area contributed by atoms with Crippen molar-refractivity contribution in [2.45, 2.75) is 50.4 Å². The van der Waals surface area contributed by atoms with Crippen molar-refractivity contribution in [3.8, 4) is 0 Å². The van der Waals surface area contributed by atoms with Crippen LogP contribution < -0.4 is 5.32 Å². The van der Waals surface area contributed by atoms with Gasteiger partial charge in [0.1, 0.15) is 0 Å². The lowest BCUT2D eigenvalue weighted by atomic mass is 10.1. The first-order chi connectivity index (χ1) is 8.79. The third-order valence-corrected chi connectivity index (χ3v) is 3.84. The van der Waals surface area contributed by atoms with Gasteiger partial charge < -0.3 is 5.32 Å². The summed E-state index contributed by atoms with van der Waals surface area (Å²) >= 11 is 5.79. The predicted octanol–water partition coefficient (Wildman–Crippen LogP) is 3.88. The maximum absolute atomic E-state index is 12.1. The van der Waals surface area contributed by atoms with E-state index in [9.17, 15) is 4.79 Å². The van der Waals surface area contributed by atoms with Crippen LogP contribution in [0.2, 0.25) is 0 Å². The van der Waals surface area contributed by atoms with E-state index < -0.39 is 0 Å². The fourth-order valence-corrected chi connectivity index (χ4v) is 2.65. The van der Waals surface area contributed by atoms with Crippen molar-refractivity contribution in [1.29, 1.82) is 0 Å². The van der Waals surface area contributed by atoms with Crippen LogP contribution in [-0.4, -0.2) is 11.9 Å². The summed E-state index contributed by atoms with van der Waals surface area (Å²) in [6.45, 7) is 0. The molecule has 0 radical (unpaired) electrons. The van der Waals surface area contributed by atoms with Gasteiger partial charge in [0.2, 0.25) is 0 Å². The zero-order chi connectivity index (χ0) is 12.8. The minimum atomic E-state index is 0.0360. The van der Waals surface area contributed by atoms with Gasteiger partial charge in [0.05, 0.1) is 0 Å². The molecular formula is C15H20ClNO. The summed E-state index contributed by atoms with van der Waals surface area (Å²) in [5.74, 6) is 0.485. The molecule has 1 amide bonds. The monoisotopic (exact) mass is 265 g/mol. The van der Waals surface area contributed by atoms with E-state index in [1.807, 2.05) is 24.3 Å². The number of nitrogens with one attached hydrogen (secondary N) is 1. The van der Waals surface area contributed by atoms with E-state index in [1.54, 1.807) is 0 Å². The molecule has 1 saturated carbocycles. The summed E-state index contributed by atoms with van der Waals surface area (Å²) in [6.07, 6.45) is 7.28. The number of halogens is 1. The highest BCUT2D eigenvalue weighted by atomic mass is 35.5. The lowest BCUT2D eigenvalue weighted by Crippen LogP contribution is -2.34. The van der Waals surface area contributed by atoms with Gasteiger partial charge in [-0.15, -0.1) is 11.6 Å². The Hall–Kier alpha value is -1.02. The van der Waals surface area contributed by atoms with Crippen molar-refractivity contribution in [3.63, 3.8) is 0 Å². The standard InChI is InChI=1S/C15H20ClNO/c16-11-12-6-5-7-13(10-12)15(18)17-14-8-3-1-2-4-9-14/h5-7,10,14H,1-4,8-9,11H2,(H,17,18). The molecule has 1 aromatic carbocycles. The second-order valence-corrected chi connectivity index (χ2v) is 5.26. The van der Waals surface area contributed by atoms with E-state index in [0.29, 0.717) is 11.9 Å². The predicted molar refractivity (Wildman–Crippen MR) is 75.0 cm³/mol. The molecule has 0 saturated heterocycles. The summed E-state index contributed by atoms with van der Waals surface area (Å²) in [7, 11) is 0. The van der Waals surface area contributed by atoms with Crippen LogP contribution in [0.25, 0.3) is 0 Å². The third kappa shape index (κ3) is 3.74. The van der Waals surface area contributed by atoms with Gasteiger partial charge >= 0.3 is 0 Å². The van der Waals surface area contributed by atoms with Crippen LogP contribution in [-0.2, 0) is 5.88 Å². The highest BCUT2D eigenvalue weighted by Gasteiger charge is 2.15. The normalized spacial score (nSPS) is 17.2. The van der Waals surface area contributed by atoms with E-state index >= 15 is 0 Å². The molecule has 0 bridgehead atoms. The average molecular weight is 266 g/mol. The van der Waals surface area contributed by atoms with Crippen LogP contribution in [0.4, 0.5) is 0 Å². The smallest absolute Gasteiger partial charge is 0.251 e. The molecule has 0 spiro atoms. The van der Waals surface area contributed by atoms with Gasteiger partial charge in [-0.3, -0.25) is 4.79 Å². The maximum atomic E-state index is 12.1. The van der Waals surface area contributed by atoms with Crippen LogP contribution in [0, 0.1) is 0 Å². The first-order valence-corrected chi connectivity index (χ1v) is 7.29. The molecule has 0 atom stereocenters. The summed E-state index contributed by atoms with van der Waals surface area (Å²) in [4.78, 5) is 12.1. The summed E-state index contributed by atoms with van der Waals surface area (Å²) in [6, 6.07) is 7.90. The van der Waals surface area contributed by atoms with Crippen molar-refractivity contribution < 1.29 is 4.79 Å². The van der Waals surface area contributed by atoms with Crippen LogP contribution in [0.1, 0.15) is 54.4 Å². The molecule has 2 rings (SSSR count). The number of benzene rings is 1. The van der Waals surface area contributed by atoms with Crippen molar-refractivity contribution in [2.75, 3.05) is 0 Å². The molecule has 2 nitrogen and oxygen atoms in total. The zero-order valence-electron chi connectivity index (χ0n) is 10.6. The molecule has 98 valence electrons. The summed E-state index contributed by atoms with van der Waals surface area (Å²) in [5.41, 5.74) is 1.71. The third-order valence-electron chi connectivity index (χ3n) is 3.53. The zero-order valence-corrected chi connectivity index (χ0v) is 11.4. The van der Waals surface area contributed by atoms with E-state index in [-0.39, 0.29) is 5.91 Å². The molecule has 18 heavy (non-hydrogen) atoms. The van der Waals surface area contributed by atoms with Gasteiger partial charge in [-0.05, 0) is 30.5 Å². The van der Waals surface area contributed by atoms with Gasteiger partial charge in [0, 0.05) is 17.5 Å². The van der Waals surface area contributed by atoms with Crippen LogP contribution >= 0.6 is 11.6 Å². The van der Waals surface area contributed by atoms with Crippen LogP contribution in [0.15, 0.2) is 24.3 Å². The topological polar surface area (TPSA) is 29.1 Å². The van der Waals surface area contributed by atoms with Crippen molar-refractivity contribution in [1.82, 2.24) is 5.32 Å². The Morgan fingerprint density at radius 3 is 2.61 bits per heavy atom. The van der Waals surface area contributed by atoms with Gasteiger partial charge in [-0.25, -0.2) is 0 Å². The highest BCUT2D eigenvalue weighted by Crippen LogP contribution is 2.18. The number of hydrogen-bond acceptors (Lipinski definition) is 1. The molecular weight excluding hydrogens is 246 g/mol. The maximum Gasteiger partial charge on any atom is 0.251 e. The van der Waals surface area contributed by atoms with Crippen LogP contribution in [0.3, 0.4) is 0 Å². The first-order valence-electron chi connectivity index (χ1n) is 6.75. The van der Waals surface area contributed by atoms with Crippen LogP contribution in [0.5, 0.6) is 0 Å². The number of alkyl halides is 1. The lowest BCUT2D eigenvalue weighted by molar-refractivity contribution is 0.0933. The first kappa shape index (κ1) is 13.4. The van der Waals surface area contributed by atoms with Gasteiger partial charge in [0.15, 0.2) is 0 Å². The Morgan fingerprint density at radius 2 is 1.94 bits per heavy atom. The van der Waals surface area contributed by atoms with E-state index in [2.05, 4.69) is 5.32 Å². The molecule has 0 aromatic heterocycles. The molecule has 1 aliphatic rings. The fourth-order valence-electron chi connectivity index (χ4n) is 2.49. The fraction of sp³-hybridized carbons (Fsp3) is 0.533. The quantitative estimate of drug-likeness (QED) is 0.652. The molecule has 1 aromatic rings. The molecule has 1 N–H and O–H groups in total. The summed E-state index contributed by atoms with van der Waals surface area (Å²) in [5, 5.41) is 3.14. The van der Waals surface area contributed by atoms with Gasteiger partial charge in [-0.1, -0.05) is 37.8 Å². The Morgan fingerprint density at radius 1 is 1.22 bits per heavy atom. The largest absolute Gasteiger partial charge is 0.349 e. The highest BCUT2D eigenvalue weighted by molar-refractivity contribution is 6.17. The van der Waals surface area contributed by atoms with E-state index in [1.165, 1.54) is 25.7 Å². The minimum Gasteiger partial charge on any atom is -0.349 e. The van der Waals surface area contributed by atoms with E-state index in [0.717, 1.165) is 24.0 Å². The molecule has 1 fully saturated rings. The Kier molecular flexibility index (Phi) is 5.06.